The molecule has 1 saturated carbocycles. The van der Waals surface area contributed by atoms with E-state index in [4.69, 9.17) is 4.74 Å². The number of ketones is 1. The monoisotopic (exact) mass is 525 g/mol. The van der Waals surface area contributed by atoms with Crippen LogP contribution in [0.25, 0.3) is 6.08 Å². The molecule has 1 aromatic rings. The molecule has 0 radical (unpaired) electrons. The second-order valence-electron chi connectivity index (χ2n) is 11.3. The molecule has 7 atom stereocenters. The number of rotatable bonds is 4. The summed E-state index contributed by atoms with van der Waals surface area (Å²) in [6, 6.07) is 0. The van der Waals surface area contributed by atoms with E-state index in [1.165, 1.54) is 11.3 Å². The molecule has 2 bridgehead atoms. The smallest absolute Gasteiger partial charge is 0.309 e. The molecule has 0 aromatic carbocycles. The number of esters is 1. The molecule has 1 aromatic heterocycles. The molecular weight excluding hydrogens is 485 g/mol. The van der Waals surface area contributed by atoms with Crippen molar-refractivity contribution in [1.29, 1.82) is 0 Å². The quantitative estimate of drug-likeness (QED) is 0.504. The van der Waals surface area contributed by atoms with Gasteiger partial charge in [0.15, 0.2) is 0 Å². The minimum Gasteiger partial charge on any atom is -0.458 e. The fourth-order valence-corrected chi connectivity index (χ4v) is 6.32. The predicted octanol–water partition coefficient (Wildman–Crippen LogP) is 4.23. The zero-order valence-corrected chi connectivity index (χ0v) is 22.5. The average molecular weight is 526 g/mol. The number of halogens is 1. The molecule has 1 aliphatic heterocycles. The SMILES string of the molecule is C/C(=C\c1csc(CF)n1)[C@@H]1CC[C@@](C)(CO)CCC[C@@H]2C[C@@](C)(C(=O)[C@H](C)[C@H]2O)[C@@H](O)CC(=O)O1. The Labute approximate surface area is 216 Å². The van der Waals surface area contributed by atoms with Gasteiger partial charge in [-0.3, -0.25) is 9.59 Å². The number of aliphatic hydroxyl groups excluding tert-OH is 3. The molecule has 3 rings (SSSR count). The van der Waals surface area contributed by atoms with Crippen molar-refractivity contribution in [3.8, 4) is 0 Å². The third kappa shape index (κ3) is 6.41. The lowest BCUT2D eigenvalue weighted by molar-refractivity contribution is -0.162. The molecule has 2 heterocycles. The second kappa shape index (κ2) is 11.8. The maximum absolute atomic E-state index is 13.1. The van der Waals surface area contributed by atoms with Crippen molar-refractivity contribution >= 4 is 29.2 Å². The number of carbonyl (C=O) groups excluding carboxylic acids is 2. The van der Waals surface area contributed by atoms with Gasteiger partial charge >= 0.3 is 5.97 Å². The lowest BCUT2D eigenvalue weighted by atomic mass is 9.60. The van der Waals surface area contributed by atoms with E-state index in [-0.39, 0.29) is 24.7 Å². The normalized spacial score (nSPS) is 37.3. The summed E-state index contributed by atoms with van der Waals surface area (Å²) in [5.74, 6) is -1.67. The Balaban J connectivity index is 1.89. The van der Waals surface area contributed by atoms with Gasteiger partial charge in [-0.15, -0.1) is 11.3 Å². The number of carbonyl (C=O) groups is 2. The third-order valence-electron chi connectivity index (χ3n) is 8.34. The summed E-state index contributed by atoms with van der Waals surface area (Å²) in [6.07, 6.45) is 2.30. The molecule has 2 aliphatic rings. The number of cyclic esters (lactones) is 1. The molecule has 9 heteroatoms. The minimum atomic E-state index is -1.23. The summed E-state index contributed by atoms with van der Waals surface area (Å²) in [6.45, 7) is 6.52. The van der Waals surface area contributed by atoms with Crippen LogP contribution in [0.5, 0.6) is 0 Å². The Hall–Kier alpha value is -1.68. The Morgan fingerprint density at radius 1 is 1.28 bits per heavy atom. The maximum Gasteiger partial charge on any atom is 0.309 e. The van der Waals surface area contributed by atoms with Crippen molar-refractivity contribution in [2.45, 2.75) is 97.6 Å². The van der Waals surface area contributed by atoms with Gasteiger partial charge in [-0.2, -0.15) is 0 Å². The van der Waals surface area contributed by atoms with Crippen LogP contribution in [0.3, 0.4) is 0 Å². The number of alkyl halides is 1. The molecule has 0 spiro atoms. The highest BCUT2D eigenvalue weighted by atomic mass is 32.1. The average Bonchev–Trinajstić information content (AvgIpc) is 3.30. The van der Waals surface area contributed by atoms with Gasteiger partial charge in [-0.1, -0.05) is 27.2 Å². The molecule has 3 N–H and O–H groups in total. The zero-order valence-electron chi connectivity index (χ0n) is 21.7. The Morgan fingerprint density at radius 2 is 2.00 bits per heavy atom. The lowest BCUT2D eigenvalue weighted by Gasteiger charge is -2.45. The minimum absolute atomic E-state index is 0.0269. The Morgan fingerprint density at radius 3 is 2.64 bits per heavy atom. The molecule has 7 nitrogen and oxygen atoms in total. The number of nitrogens with zero attached hydrogens (tertiary/aromatic N) is 1. The Bertz CT molecular complexity index is 966. The number of ether oxygens (including phenoxy) is 1. The maximum atomic E-state index is 13.1. The first-order chi connectivity index (χ1) is 16.9. The number of aliphatic hydroxyl groups is 3. The van der Waals surface area contributed by atoms with Gasteiger partial charge in [-0.25, -0.2) is 9.37 Å². The van der Waals surface area contributed by atoms with Crippen molar-refractivity contribution in [3.63, 3.8) is 0 Å². The highest BCUT2D eigenvalue weighted by Crippen LogP contribution is 2.45. The van der Waals surface area contributed by atoms with Gasteiger partial charge in [0.05, 0.1) is 29.7 Å². The number of thiazole rings is 1. The molecule has 2 fully saturated rings. The van der Waals surface area contributed by atoms with Gasteiger partial charge in [0.2, 0.25) is 0 Å². The molecule has 0 unspecified atom stereocenters. The van der Waals surface area contributed by atoms with Crippen molar-refractivity contribution in [3.05, 3.63) is 21.7 Å². The highest BCUT2D eigenvalue weighted by molar-refractivity contribution is 7.09. The van der Waals surface area contributed by atoms with E-state index < -0.39 is 47.7 Å². The van der Waals surface area contributed by atoms with Crippen LogP contribution in [0.4, 0.5) is 4.39 Å². The number of hydrogen-bond donors (Lipinski definition) is 3. The van der Waals surface area contributed by atoms with Crippen LogP contribution in [-0.4, -0.2) is 57.0 Å². The van der Waals surface area contributed by atoms with Crippen LogP contribution in [0.15, 0.2) is 11.0 Å². The van der Waals surface area contributed by atoms with Gasteiger partial charge in [0.25, 0.3) is 0 Å². The first kappa shape index (κ1) is 28.9. The fraction of sp³-hybridized carbons (Fsp3) is 0.741. The summed E-state index contributed by atoms with van der Waals surface area (Å²) in [5, 5.41) is 34.1. The lowest BCUT2D eigenvalue weighted by Crippen LogP contribution is -2.54. The topological polar surface area (TPSA) is 117 Å². The zero-order chi connectivity index (χ0) is 26.7. The van der Waals surface area contributed by atoms with E-state index in [1.54, 1.807) is 25.3 Å². The van der Waals surface area contributed by atoms with Gasteiger partial charge in [0.1, 0.15) is 23.6 Å². The molecule has 36 heavy (non-hydrogen) atoms. The van der Waals surface area contributed by atoms with Crippen LogP contribution in [0.2, 0.25) is 0 Å². The summed E-state index contributed by atoms with van der Waals surface area (Å²) in [7, 11) is 0. The van der Waals surface area contributed by atoms with Crippen molar-refractivity contribution in [2.24, 2.45) is 22.7 Å². The van der Waals surface area contributed by atoms with Crippen LogP contribution in [0, 0.1) is 22.7 Å². The molecule has 1 saturated heterocycles. The third-order valence-corrected chi connectivity index (χ3v) is 9.17. The van der Waals surface area contributed by atoms with E-state index >= 15 is 0 Å². The molecular formula is C27H40FNO6S. The summed E-state index contributed by atoms with van der Waals surface area (Å²) >= 11 is 1.22. The highest BCUT2D eigenvalue weighted by Gasteiger charge is 2.52. The fourth-order valence-electron chi connectivity index (χ4n) is 5.72. The number of hydrogen-bond acceptors (Lipinski definition) is 8. The Kier molecular flexibility index (Phi) is 9.46. The summed E-state index contributed by atoms with van der Waals surface area (Å²) in [4.78, 5) is 30.3. The summed E-state index contributed by atoms with van der Waals surface area (Å²) in [5.41, 5.74) is -0.237. The van der Waals surface area contributed by atoms with E-state index in [1.807, 2.05) is 13.8 Å². The van der Waals surface area contributed by atoms with Gasteiger partial charge in [0, 0.05) is 17.9 Å². The van der Waals surface area contributed by atoms with Crippen molar-refractivity contribution in [2.75, 3.05) is 6.61 Å². The van der Waals surface area contributed by atoms with E-state index in [0.717, 1.165) is 12.0 Å². The number of Topliss-reactive ketones (excluding diaryl/α,β-unsaturated/α-hetero) is 1. The molecule has 1 aliphatic carbocycles. The second-order valence-corrected chi connectivity index (χ2v) is 12.3. The van der Waals surface area contributed by atoms with Crippen molar-refractivity contribution in [1.82, 2.24) is 4.98 Å². The van der Waals surface area contributed by atoms with E-state index in [0.29, 0.717) is 42.8 Å². The van der Waals surface area contributed by atoms with Crippen LogP contribution < -0.4 is 0 Å². The van der Waals surface area contributed by atoms with Crippen LogP contribution >= 0.6 is 11.3 Å². The number of aromatic nitrogens is 1. The standard InChI is InChI=1S/C27H40FNO6S/c1-16(10-19-14-36-22(13-28)29-19)20-7-9-26(3,15-30)8-5-6-18-12-27(4,21(31)11-23(32)35-20)25(34)17(2)24(18)33/h10,14,17-18,20-21,24,30-31,33H,5-9,11-13,15H2,1-4H3/b16-10+/t17-,18-,20+,21+,24-,26+,27-/m1/s1. The largest absolute Gasteiger partial charge is 0.458 e. The van der Waals surface area contributed by atoms with E-state index in [2.05, 4.69) is 4.98 Å². The molecule has 202 valence electrons. The first-order valence-corrected chi connectivity index (χ1v) is 13.7. The predicted molar refractivity (Wildman–Crippen MR) is 136 cm³/mol. The molecule has 0 amide bonds. The van der Waals surface area contributed by atoms with Gasteiger partial charge in [-0.05, 0) is 62.0 Å². The summed E-state index contributed by atoms with van der Waals surface area (Å²) < 4.78 is 18.8. The van der Waals surface area contributed by atoms with Crippen LogP contribution in [0.1, 0.15) is 83.3 Å². The van der Waals surface area contributed by atoms with E-state index in [9.17, 15) is 29.3 Å². The van der Waals surface area contributed by atoms with Gasteiger partial charge < -0.3 is 20.1 Å². The van der Waals surface area contributed by atoms with Crippen LogP contribution in [-0.2, 0) is 21.0 Å². The first-order valence-electron chi connectivity index (χ1n) is 12.8. The number of fused-ring (bicyclic) bond motifs is 2. The van der Waals surface area contributed by atoms with Crippen molar-refractivity contribution < 1.29 is 34.0 Å².